The Bertz CT molecular complexity index is 462. The van der Waals surface area contributed by atoms with Crippen molar-refractivity contribution in [1.82, 2.24) is 0 Å². The zero-order valence-electron chi connectivity index (χ0n) is 15.5. The Balaban J connectivity index is 1.83. The minimum Gasteiger partial charge on any atom is -0.386 e. The fourth-order valence-corrected chi connectivity index (χ4v) is 8.44. The van der Waals surface area contributed by atoms with Gasteiger partial charge in [-0.1, -0.05) is 46.0 Å². The highest BCUT2D eigenvalue weighted by Crippen LogP contribution is 2.82. The molecule has 0 saturated heterocycles. The van der Waals surface area contributed by atoms with Crippen LogP contribution in [0.25, 0.3) is 0 Å². The van der Waals surface area contributed by atoms with Crippen LogP contribution in [-0.4, -0.2) is 24.4 Å². The average molecular weight is 321 g/mol. The number of rotatable bonds is 3. The van der Waals surface area contributed by atoms with E-state index >= 15 is 0 Å². The van der Waals surface area contributed by atoms with Gasteiger partial charge in [0.15, 0.2) is 0 Å². The minimum atomic E-state index is -0.611. The van der Waals surface area contributed by atoms with Crippen LogP contribution in [0.2, 0.25) is 0 Å². The summed E-state index contributed by atoms with van der Waals surface area (Å²) in [5.41, 5.74) is -0.124. The molecule has 1 spiro atoms. The van der Waals surface area contributed by atoms with Crippen LogP contribution in [0, 0.1) is 28.1 Å². The van der Waals surface area contributed by atoms with Gasteiger partial charge in [-0.25, -0.2) is 0 Å². The molecular formula is C21H36O2. The molecule has 0 aromatic carbocycles. The third kappa shape index (κ3) is 1.68. The van der Waals surface area contributed by atoms with E-state index in [2.05, 4.69) is 13.8 Å². The predicted octanol–water partition coefficient (Wildman–Crippen LogP) is 4.94. The van der Waals surface area contributed by atoms with E-state index in [4.69, 9.17) is 4.74 Å². The van der Waals surface area contributed by atoms with E-state index in [1.54, 1.807) is 7.11 Å². The first kappa shape index (κ1) is 16.4. The van der Waals surface area contributed by atoms with Crippen molar-refractivity contribution in [2.75, 3.05) is 13.7 Å². The number of hydrogen-bond donors (Lipinski definition) is 1. The van der Waals surface area contributed by atoms with Crippen molar-refractivity contribution in [3.8, 4) is 0 Å². The molecule has 1 N–H and O–H groups in total. The van der Waals surface area contributed by atoms with Gasteiger partial charge in [0.2, 0.25) is 0 Å². The molecule has 4 atom stereocenters. The highest BCUT2D eigenvalue weighted by molar-refractivity contribution is 5.30. The molecule has 0 unspecified atom stereocenters. The Labute approximate surface area is 142 Å². The lowest BCUT2D eigenvalue weighted by atomic mass is 9.55. The van der Waals surface area contributed by atoms with Crippen LogP contribution in [0.4, 0.5) is 0 Å². The van der Waals surface area contributed by atoms with Crippen molar-refractivity contribution in [1.29, 1.82) is 0 Å². The summed E-state index contributed by atoms with van der Waals surface area (Å²) in [5.74, 6) is 1.53. The van der Waals surface area contributed by atoms with Crippen LogP contribution < -0.4 is 0 Å². The second kappa shape index (κ2) is 5.21. The Morgan fingerprint density at radius 1 is 0.913 bits per heavy atom. The average Bonchev–Trinajstić information content (AvgIpc) is 3.16. The third-order valence-corrected chi connectivity index (χ3v) is 9.55. The van der Waals surface area contributed by atoms with Crippen molar-refractivity contribution in [2.45, 2.75) is 90.1 Å². The lowest BCUT2D eigenvalue weighted by Gasteiger charge is -2.53. The molecule has 0 radical (unpaired) electrons. The molecule has 4 aliphatic carbocycles. The summed E-state index contributed by atoms with van der Waals surface area (Å²) in [7, 11) is 1.79. The molecule has 0 aliphatic heterocycles. The first-order valence-corrected chi connectivity index (χ1v) is 10.2. The Morgan fingerprint density at radius 3 is 2.17 bits per heavy atom. The van der Waals surface area contributed by atoms with Gasteiger partial charge in [0.1, 0.15) is 0 Å². The highest BCUT2D eigenvalue weighted by Gasteiger charge is 2.81. The summed E-state index contributed by atoms with van der Waals surface area (Å²) in [6.07, 6.45) is 14.6. The lowest BCUT2D eigenvalue weighted by molar-refractivity contribution is -0.193. The quantitative estimate of drug-likeness (QED) is 0.798. The molecular weight excluding hydrogens is 284 g/mol. The van der Waals surface area contributed by atoms with E-state index in [1.165, 1.54) is 70.6 Å². The maximum atomic E-state index is 12.1. The van der Waals surface area contributed by atoms with Crippen LogP contribution >= 0.6 is 0 Å². The second-order valence-corrected chi connectivity index (χ2v) is 9.70. The smallest absolute Gasteiger partial charge is 0.0997 e. The fraction of sp³-hybridized carbons (Fsp3) is 1.00. The van der Waals surface area contributed by atoms with Crippen LogP contribution in [0.1, 0.15) is 84.5 Å². The normalized spacial score (nSPS) is 49.3. The van der Waals surface area contributed by atoms with Crippen molar-refractivity contribution in [3.05, 3.63) is 0 Å². The van der Waals surface area contributed by atoms with Gasteiger partial charge in [0.05, 0.1) is 12.2 Å². The molecule has 4 aliphatic rings. The van der Waals surface area contributed by atoms with E-state index in [-0.39, 0.29) is 10.8 Å². The van der Waals surface area contributed by atoms with Gasteiger partial charge >= 0.3 is 0 Å². The van der Waals surface area contributed by atoms with E-state index < -0.39 is 5.60 Å². The predicted molar refractivity (Wildman–Crippen MR) is 93.2 cm³/mol. The standard InChI is InChI=1S/C21H36O2/c1-18-14-11-17(19(18,2)16-9-5-4-6-10-16)20(12-7-8-13-20)21(18,22)15-23-3/h16-17,22H,4-15H2,1-3H3/t17-,18+,19+,21+/m1/s1. The summed E-state index contributed by atoms with van der Waals surface area (Å²) in [5, 5.41) is 12.1. The van der Waals surface area contributed by atoms with E-state index in [9.17, 15) is 5.11 Å². The molecule has 0 heterocycles. The van der Waals surface area contributed by atoms with Gasteiger partial charge in [-0.05, 0) is 55.8 Å². The summed E-state index contributed by atoms with van der Waals surface area (Å²) < 4.78 is 5.66. The number of fused-ring (bicyclic) bond motifs is 3. The molecule has 2 nitrogen and oxygen atoms in total. The first-order chi connectivity index (χ1) is 11.0. The summed E-state index contributed by atoms with van der Waals surface area (Å²) in [4.78, 5) is 0. The Hall–Kier alpha value is -0.0800. The van der Waals surface area contributed by atoms with Gasteiger partial charge in [0.25, 0.3) is 0 Å². The third-order valence-electron chi connectivity index (χ3n) is 9.55. The SMILES string of the molecule is COC[C@@]1(O)C2(CCCC2)[C@@H]2CC[C@@]1(C)[C@@]2(C)C1CCCCC1. The summed E-state index contributed by atoms with van der Waals surface area (Å²) >= 11 is 0. The molecule has 4 fully saturated rings. The molecule has 4 saturated carbocycles. The first-order valence-electron chi connectivity index (χ1n) is 10.2. The number of aliphatic hydroxyl groups is 1. The van der Waals surface area contributed by atoms with Gasteiger partial charge < -0.3 is 9.84 Å². The van der Waals surface area contributed by atoms with Crippen molar-refractivity contribution >= 4 is 0 Å². The topological polar surface area (TPSA) is 29.5 Å². The van der Waals surface area contributed by atoms with Crippen molar-refractivity contribution < 1.29 is 9.84 Å². The van der Waals surface area contributed by atoms with Gasteiger partial charge in [0, 0.05) is 17.9 Å². The largest absolute Gasteiger partial charge is 0.386 e. The number of hydrogen-bond acceptors (Lipinski definition) is 2. The fourth-order valence-electron chi connectivity index (χ4n) is 8.44. The maximum Gasteiger partial charge on any atom is 0.0997 e. The summed E-state index contributed by atoms with van der Waals surface area (Å²) in [6.45, 7) is 5.56. The van der Waals surface area contributed by atoms with Crippen molar-refractivity contribution in [2.24, 2.45) is 28.1 Å². The number of methoxy groups -OCH3 is 1. The van der Waals surface area contributed by atoms with Crippen LogP contribution in [0.3, 0.4) is 0 Å². The molecule has 2 bridgehead atoms. The van der Waals surface area contributed by atoms with Crippen LogP contribution in [-0.2, 0) is 4.74 Å². The molecule has 0 aromatic heterocycles. The molecule has 4 rings (SSSR count). The zero-order chi connectivity index (χ0) is 16.3. The minimum absolute atomic E-state index is 0.0347. The molecule has 0 amide bonds. The number of ether oxygens (including phenoxy) is 1. The molecule has 132 valence electrons. The van der Waals surface area contributed by atoms with Crippen molar-refractivity contribution in [3.63, 3.8) is 0 Å². The van der Waals surface area contributed by atoms with E-state index in [0.29, 0.717) is 17.9 Å². The van der Waals surface area contributed by atoms with E-state index in [0.717, 1.165) is 5.92 Å². The molecule has 0 aromatic rings. The monoisotopic (exact) mass is 320 g/mol. The summed E-state index contributed by atoms with van der Waals surface area (Å²) in [6, 6.07) is 0. The van der Waals surface area contributed by atoms with Crippen LogP contribution in [0.15, 0.2) is 0 Å². The Kier molecular flexibility index (Phi) is 3.71. The lowest BCUT2D eigenvalue weighted by Crippen LogP contribution is -2.59. The molecule has 2 heteroatoms. The Morgan fingerprint density at radius 2 is 1.57 bits per heavy atom. The van der Waals surface area contributed by atoms with Gasteiger partial charge in [-0.3, -0.25) is 0 Å². The second-order valence-electron chi connectivity index (χ2n) is 9.70. The van der Waals surface area contributed by atoms with E-state index in [1.807, 2.05) is 0 Å². The van der Waals surface area contributed by atoms with Gasteiger partial charge in [-0.2, -0.15) is 0 Å². The highest BCUT2D eigenvalue weighted by atomic mass is 16.5. The van der Waals surface area contributed by atoms with Gasteiger partial charge in [-0.15, -0.1) is 0 Å². The maximum absolute atomic E-state index is 12.1. The molecule has 23 heavy (non-hydrogen) atoms. The van der Waals surface area contributed by atoms with Crippen LogP contribution in [0.5, 0.6) is 0 Å². The zero-order valence-corrected chi connectivity index (χ0v) is 15.5.